The molecule has 21 heavy (non-hydrogen) atoms. The molecule has 0 spiro atoms. The minimum Gasteiger partial charge on any atom is -0.444 e. The summed E-state index contributed by atoms with van der Waals surface area (Å²) in [6, 6.07) is 0.403. The molecule has 2 rings (SSSR count). The van der Waals surface area contributed by atoms with E-state index >= 15 is 0 Å². The summed E-state index contributed by atoms with van der Waals surface area (Å²) in [6.07, 6.45) is 4.59. The van der Waals surface area contributed by atoms with Gasteiger partial charge >= 0.3 is 6.09 Å². The number of amides is 1. The van der Waals surface area contributed by atoms with Crippen LogP contribution in [0.3, 0.4) is 0 Å². The molecule has 1 aliphatic carbocycles. The zero-order valence-corrected chi connectivity index (χ0v) is 13.8. The first kappa shape index (κ1) is 16.6. The van der Waals surface area contributed by atoms with Gasteiger partial charge in [0.25, 0.3) is 0 Å². The lowest BCUT2D eigenvalue weighted by Gasteiger charge is -2.28. The summed E-state index contributed by atoms with van der Waals surface area (Å²) in [5.74, 6) is 0.780. The van der Waals surface area contributed by atoms with Gasteiger partial charge in [0.15, 0.2) is 0 Å². The zero-order chi connectivity index (χ0) is 15.3. The number of nitrogens with one attached hydrogen (secondary N) is 2. The van der Waals surface area contributed by atoms with Crippen molar-refractivity contribution in [2.45, 2.75) is 58.1 Å². The van der Waals surface area contributed by atoms with E-state index in [4.69, 9.17) is 4.74 Å². The van der Waals surface area contributed by atoms with Crippen molar-refractivity contribution in [2.24, 2.45) is 5.92 Å². The Kier molecular flexibility index (Phi) is 5.88. The number of carbonyl (C=O) groups is 1. The molecule has 1 amide bonds. The molecule has 1 aliphatic heterocycles. The van der Waals surface area contributed by atoms with Crippen LogP contribution in [-0.4, -0.2) is 55.4 Å². The number of rotatable bonds is 6. The molecule has 0 aromatic rings. The molecule has 1 saturated carbocycles. The van der Waals surface area contributed by atoms with Crippen molar-refractivity contribution >= 4 is 6.09 Å². The summed E-state index contributed by atoms with van der Waals surface area (Å²) >= 11 is 0. The Hall–Kier alpha value is -0.810. The van der Waals surface area contributed by atoms with Crippen molar-refractivity contribution in [3.63, 3.8) is 0 Å². The maximum atomic E-state index is 12.2. The van der Waals surface area contributed by atoms with Crippen molar-refractivity contribution in [2.75, 3.05) is 32.7 Å². The van der Waals surface area contributed by atoms with Gasteiger partial charge in [-0.05, 0) is 72.0 Å². The molecule has 0 bridgehead atoms. The summed E-state index contributed by atoms with van der Waals surface area (Å²) < 4.78 is 5.50. The first-order valence-electron chi connectivity index (χ1n) is 8.37. The molecule has 2 fully saturated rings. The molecule has 0 aromatic heterocycles. The fraction of sp³-hybridized carbons (Fsp3) is 0.938. The lowest BCUT2D eigenvalue weighted by atomic mass is 9.98. The van der Waals surface area contributed by atoms with E-state index in [0.717, 1.165) is 51.5 Å². The van der Waals surface area contributed by atoms with Gasteiger partial charge in [0, 0.05) is 19.1 Å². The maximum absolute atomic E-state index is 12.2. The van der Waals surface area contributed by atoms with Crippen LogP contribution in [0.2, 0.25) is 0 Å². The molecule has 0 unspecified atom stereocenters. The third-order valence-corrected chi connectivity index (χ3v) is 4.04. The van der Waals surface area contributed by atoms with E-state index in [9.17, 15) is 4.79 Å². The number of nitrogens with zero attached hydrogens (tertiary/aromatic N) is 1. The Morgan fingerprint density at radius 1 is 1.24 bits per heavy atom. The summed E-state index contributed by atoms with van der Waals surface area (Å²) in [6.45, 7) is 10.7. The molecule has 2 N–H and O–H groups in total. The fourth-order valence-corrected chi connectivity index (χ4v) is 2.72. The van der Waals surface area contributed by atoms with Crippen LogP contribution in [0.1, 0.15) is 46.5 Å². The topological polar surface area (TPSA) is 53.6 Å². The second kappa shape index (κ2) is 7.45. The van der Waals surface area contributed by atoms with Crippen LogP contribution >= 0.6 is 0 Å². The SMILES string of the molecule is CC(C)(C)OC(=O)N(CCNCC1CCNCC1)C1CC1. The van der Waals surface area contributed by atoms with Crippen molar-refractivity contribution in [1.29, 1.82) is 0 Å². The average molecular weight is 297 g/mol. The van der Waals surface area contributed by atoms with E-state index in [1.165, 1.54) is 12.8 Å². The summed E-state index contributed by atoms with van der Waals surface area (Å²) in [5, 5.41) is 6.89. The molecular weight excluding hydrogens is 266 g/mol. The van der Waals surface area contributed by atoms with Crippen molar-refractivity contribution in [1.82, 2.24) is 15.5 Å². The molecule has 2 aliphatic rings. The third kappa shape index (κ3) is 6.22. The molecule has 5 nitrogen and oxygen atoms in total. The van der Waals surface area contributed by atoms with Gasteiger partial charge in [-0.15, -0.1) is 0 Å². The lowest BCUT2D eigenvalue weighted by Crippen LogP contribution is -2.42. The molecular formula is C16H31N3O2. The second-order valence-corrected chi connectivity index (χ2v) is 7.30. The van der Waals surface area contributed by atoms with E-state index in [2.05, 4.69) is 10.6 Å². The predicted octanol–water partition coefficient (Wildman–Crippen LogP) is 1.98. The van der Waals surface area contributed by atoms with Crippen molar-refractivity contribution in [3.05, 3.63) is 0 Å². The normalized spacial score (nSPS) is 20.3. The Morgan fingerprint density at radius 3 is 2.48 bits per heavy atom. The van der Waals surface area contributed by atoms with Gasteiger partial charge in [-0.1, -0.05) is 0 Å². The van der Waals surface area contributed by atoms with Crippen LogP contribution in [-0.2, 0) is 4.74 Å². The summed E-state index contributed by atoms with van der Waals surface area (Å²) in [4.78, 5) is 14.1. The number of piperidine rings is 1. The molecule has 1 heterocycles. The minimum absolute atomic E-state index is 0.159. The molecule has 122 valence electrons. The van der Waals surface area contributed by atoms with Crippen molar-refractivity contribution in [3.8, 4) is 0 Å². The molecule has 1 saturated heterocycles. The van der Waals surface area contributed by atoms with E-state index in [1.54, 1.807) is 0 Å². The Morgan fingerprint density at radius 2 is 1.90 bits per heavy atom. The van der Waals surface area contributed by atoms with Gasteiger partial charge in [-0.2, -0.15) is 0 Å². The zero-order valence-electron chi connectivity index (χ0n) is 13.8. The Bertz CT molecular complexity index is 331. The number of hydrogen-bond acceptors (Lipinski definition) is 4. The highest BCUT2D eigenvalue weighted by atomic mass is 16.6. The van der Waals surface area contributed by atoms with Crippen LogP contribution in [0.5, 0.6) is 0 Å². The lowest BCUT2D eigenvalue weighted by molar-refractivity contribution is 0.0235. The van der Waals surface area contributed by atoms with E-state index in [1.807, 2.05) is 25.7 Å². The van der Waals surface area contributed by atoms with Crippen LogP contribution in [0.4, 0.5) is 4.79 Å². The maximum Gasteiger partial charge on any atom is 0.410 e. The van der Waals surface area contributed by atoms with Gasteiger partial charge in [0.05, 0.1) is 0 Å². The molecule has 0 atom stereocenters. The molecule has 0 aromatic carbocycles. The molecule has 5 heteroatoms. The largest absolute Gasteiger partial charge is 0.444 e. The quantitative estimate of drug-likeness (QED) is 0.736. The van der Waals surface area contributed by atoms with Gasteiger partial charge in [0.1, 0.15) is 5.60 Å². The van der Waals surface area contributed by atoms with Crippen LogP contribution in [0.15, 0.2) is 0 Å². The minimum atomic E-state index is -0.410. The van der Waals surface area contributed by atoms with E-state index in [-0.39, 0.29) is 6.09 Å². The number of carbonyl (C=O) groups excluding carboxylic acids is 1. The number of hydrogen-bond donors (Lipinski definition) is 2. The Balaban J connectivity index is 1.67. The van der Waals surface area contributed by atoms with Gasteiger partial charge in [0.2, 0.25) is 0 Å². The first-order chi connectivity index (χ1) is 9.96. The van der Waals surface area contributed by atoms with Gasteiger partial charge < -0.3 is 20.3 Å². The van der Waals surface area contributed by atoms with Crippen LogP contribution in [0, 0.1) is 5.92 Å². The van der Waals surface area contributed by atoms with Gasteiger partial charge in [-0.25, -0.2) is 4.79 Å². The van der Waals surface area contributed by atoms with Crippen LogP contribution in [0.25, 0.3) is 0 Å². The Labute approximate surface area is 128 Å². The standard InChI is InChI=1S/C16H31N3O2/c1-16(2,3)21-15(20)19(14-4-5-14)11-10-18-12-13-6-8-17-9-7-13/h13-14,17-18H,4-12H2,1-3H3. The first-order valence-corrected chi connectivity index (χ1v) is 8.37. The molecule has 0 radical (unpaired) electrons. The highest BCUT2D eigenvalue weighted by molar-refractivity contribution is 5.69. The number of ether oxygens (including phenoxy) is 1. The van der Waals surface area contributed by atoms with Crippen molar-refractivity contribution < 1.29 is 9.53 Å². The average Bonchev–Trinajstić information content (AvgIpc) is 3.22. The second-order valence-electron chi connectivity index (χ2n) is 7.30. The van der Waals surface area contributed by atoms with Crippen LogP contribution < -0.4 is 10.6 Å². The monoisotopic (exact) mass is 297 g/mol. The highest BCUT2D eigenvalue weighted by Crippen LogP contribution is 2.28. The predicted molar refractivity (Wildman–Crippen MR) is 84.4 cm³/mol. The fourth-order valence-electron chi connectivity index (χ4n) is 2.72. The highest BCUT2D eigenvalue weighted by Gasteiger charge is 2.34. The third-order valence-electron chi connectivity index (χ3n) is 4.04. The van der Waals surface area contributed by atoms with Gasteiger partial charge in [-0.3, -0.25) is 0 Å². The summed E-state index contributed by atoms with van der Waals surface area (Å²) in [7, 11) is 0. The van der Waals surface area contributed by atoms with E-state index in [0.29, 0.717) is 6.04 Å². The van der Waals surface area contributed by atoms with E-state index < -0.39 is 5.60 Å². The smallest absolute Gasteiger partial charge is 0.410 e. The summed E-state index contributed by atoms with van der Waals surface area (Å²) in [5.41, 5.74) is -0.410.